The van der Waals surface area contributed by atoms with Crippen molar-refractivity contribution < 1.29 is 14.3 Å². The van der Waals surface area contributed by atoms with Crippen molar-refractivity contribution in [2.75, 3.05) is 5.73 Å². The highest BCUT2D eigenvalue weighted by Gasteiger charge is 2.27. The lowest BCUT2D eigenvalue weighted by Crippen LogP contribution is -2.10. The zero-order chi connectivity index (χ0) is 10.0. The minimum Gasteiger partial charge on any atom is -0.479 e. The van der Waals surface area contributed by atoms with Crippen LogP contribution in [0.3, 0.4) is 0 Å². The molecule has 6 nitrogen and oxygen atoms in total. The van der Waals surface area contributed by atoms with Gasteiger partial charge in [0.05, 0.1) is 0 Å². The Labute approximate surface area is 75.2 Å². The molecule has 0 saturated heterocycles. The average molecular weight is 205 g/mol. The van der Waals surface area contributed by atoms with Gasteiger partial charge in [0.25, 0.3) is 0 Å². The number of carboxylic acid groups (broad SMARTS) is 1. The molecule has 8 heteroatoms. The van der Waals surface area contributed by atoms with Crippen molar-refractivity contribution in [3.8, 4) is 0 Å². The van der Waals surface area contributed by atoms with E-state index in [4.69, 9.17) is 10.8 Å². The fraction of sp³-hybridized carbons (Fsp3) is 0.200. The molecule has 3 N–H and O–H groups in total. The Morgan fingerprint density at radius 1 is 1.77 bits per heavy atom. The molecule has 1 aromatic heterocycles. The third-order valence-corrected chi connectivity index (χ3v) is 1.91. The maximum absolute atomic E-state index is 12.8. The first-order valence-corrected chi connectivity index (χ1v) is 3.85. The molecule has 0 saturated carbocycles. The van der Waals surface area contributed by atoms with E-state index in [1.54, 1.807) is 0 Å². The summed E-state index contributed by atoms with van der Waals surface area (Å²) < 4.78 is 12.8. The van der Waals surface area contributed by atoms with Crippen LogP contribution in [-0.4, -0.2) is 16.1 Å². The van der Waals surface area contributed by atoms with E-state index in [0.29, 0.717) is 11.3 Å². The molecule has 1 unspecified atom stereocenters. The van der Waals surface area contributed by atoms with Gasteiger partial charge in [-0.25, -0.2) is 9.78 Å². The van der Waals surface area contributed by atoms with Crippen molar-refractivity contribution in [2.24, 2.45) is 5.18 Å². The van der Waals surface area contributed by atoms with Crippen LogP contribution in [0.2, 0.25) is 0 Å². The van der Waals surface area contributed by atoms with Gasteiger partial charge in [-0.3, -0.25) is 0 Å². The fourth-order valence-electron chi connectivity index (χ4n) is 0.710. The van der Waals surface area contributed by atoms with E-state index < -0.39 is 22.8 Å². The van der Waals surface area contributed by atoms with Crippen LogP contribution in [0.4, 0.5) is 9.52 Å². The summed E-state index contributed by atoms with van der Waals surface area (Å²) in [5.74, 6) is -1.56. The summed E-state index contributed by atoms with van der Waals surface area (Å²) in [6, 6.07) is -1.83. The van der Waals surface area contributed by atoms with Gasteiger partial charge in [0.1, 0.15) is 5.69 Å². The zero-order valence-electron chi connectivity index (χ0n) is 6.10. The highest BCUT2D eigenvalue weighted by atomic mass is 32.1. The molecule has 70 valence electrons. The Bertz CT molecular complexity index is 353. The van der Waals surface area contributed by atoms with Crippen LogP contribution in [0, 0.1) is 10.0 Å². The quantitative estimate of drug-likeness (QED) is 0.708. The standard InChI is InChI=1S/C5H4FN3O3S/c6-3-1(8-5(7)13-3)2(9-12)4(10)11/h2H,(H2,7,8)(H,10,11). The van der Waals surface area contributed by atoms with E-state index >= 15 is 0 Å². The molecule has 0 radical (unpaired) electrons. The summed E-state index contributed by atoms with van der Waals surface area (Å²) in [5.41, 5.74) is 4.57. The summed E-state index contributed by atoms with van der Waals surface area (Å²) in [7, 11) is 0. The molecule has 0 aromatic carbocycles. The molecule has 1 atom stereocenters. The second-order valence-corrected chi connectivity index (χ2v) is 3.04. The minimum atomic E-state index is -1.83. The third-order valence-electron chi connectivity index (χ3n) is 1.22. The highest BCUT2D eigenvalue weighted by molar-refractivity contribution is 7.13. The first-order chi connectivity index (χ1) is 6.06. The first kappa shape index (κ1) is 9.52. The second kappa shape index (κ2) is 3.44. The van der Waals surface area contributed by atoms with Crippen molar-refractivity contribution in [3.05, 3.63) is 15.7 Å². The molecule has 0 fully saturated rings. The summed E-state index contributed by atoms with van der Waals surface area (Å²) in [6.45, 7) is 0. The van der Waals surface area contributed by atoms with E-state index in [1.165, 1.54) is 0 Å². The number of nitrogens with zero attached hydrogens (tertiary/aromatic N) is 2. The molecule has 1 aromatic rings. The van der Waals surface area contributed by atoms with Gasteiger partial charge in [-0.15, -0.1) is 4.91 Å². The number of nitrogens with two attached hydrogens (primary N) is 1. The van der Waals surface area contributed by atoms with Gasteiger partial charge in [0.2, 0.25) is 11.2 Å². The van der Waals surface area contributed by atoms with Gasteiger partial charge in [0.15, 0.2) is 5.13 Å². The predicted molar refractivity (Wildman–Crippen MR) is 42.7 cm³/mol. The first-order valence-electron chi connectivity index (χ1n) is 3.03. The number of nitrogen functional groups attached to an aromatic ring is 1. The lowest BCUT2D eigenvalue weighted by Gasteiger charge is -1.97. The van der Waals surface area contributed by atoms with Crippen molar-refractivity contribution in [3.63, 3.8) is 0 Å². The van der Waals surface area contributed by atoms with Crippen LogP contribution in [0.15, 0.2) is 5.18 Å². The summed E-state index contributed by atoms with van der Waals surface area (Å²) in [5, 5.41) is 9.62. The van der Waals surface area contributed by atoms with Crippen LogP contribution in [-0.2, 0) is 4.79 Å². The summed E-state index contributed by atoms with van der Waals surface area (Å²) >= 11 is 0.468. The number of carbonyl (C=O) groups is 1. The van der Waals surface area contributed by atoms with Gasteiger partial charge in [-0.05, 0) is 5.18 Å². The maximum Gasteiger partial charge on any atom is 0.338 e. The molecular formula is C5H4FN3O3S. The van der Waals surface area contributed by atoms with Crippen molar-refractivity contribution in [1.29, 1.82) is 0 Å². The number of nitroso groups, excluding NO2 is 1. The van der Waals surface area contributed by atoms with E-state index in [-0.39, 0.29) is 5.13 Å². The monoisotopic (exact) mass is 205 g/mol. The van der Waals surface area contributed by atoms with Crippen LogP contribution >= 0.6 is 11.3 Å². The molecule has 0 aliphatic carbocycles. The molecular weight excluding hydrogens is 201 g/mol. The Balaban J connectivity index is 3.11. The molecule has 0 spiro atoms. The smallest absolute Gasteiger partial charge is 0.338 e. The lowest BCUT2D eigenvalue weighted by atomic mass is 10.2. The number of anilines is 1. The second-order valence-electron chi connectivity index (χ2n) is 2.06. The van der Waals surface area contributed by atoms with E-state index in [2.05, 4.69) is 10.2 Å². The molecule has 0 aliphatic heterocycles. The van der Waals surface area contributed by atoms with Gasteiger partial charge in [-0.2, -0.15) is 4.39 Å². The number of carboxylic acids is 1. The van der Waals surface area contributed by atoms with Gasteiger partial charge < -0.3 is 10.8 Å². The number of hydrogen-bond donors (Lipinski definition) is 2. The van der Waals surface area contributed by atoms with Crippen molar-refractivity contribution in [1.82, 2.24) is 4.98 Å². The van der Waals surface area contributed by atoms with Gasteiger partial charge in [-0.1, -0.05) is 11.3 Å². The van der Waals surface area contributed by atoms with Crippen LogP contribution < -0.4 is 5.73 Å². The molecule has 13 heavy (non-hydrogen) atoms. The lowest BCUT2D eigenvalue weighted by molar-refractivity contribution is -0.138. The Morgan fingerprint density at radius 2 is 2.38 bits per heavy atom. The summed E-state index contributed by atoms with van der Waals surface area (Å²) in [6.07, 6.45) is 0. The van der Waals surface area contributed by atoms with Crippen LogP contribution in [0.1, 0.15) is 11.7 Å². The average Bonchev–Trinajstić information content (AvgIpc) is 2.31. The van der Waals surface area contributed by atoms with Gasteiger partial charge in [0, 0.05) is 0 Å². The Kier molecular flexibility index (Phi) is 2.52. The Hall–Kier alpha value is -1.57. The minimum absolute atomic E-state index is 0.137. The highest BCUT2D eigenvalue weighted by Crippen LogP contribution is 2.25. The number of hydrogen-bond acceptors (Lipinski definition) is 6. The van der Waals surface area contributed by atoms with E-state index in [9.17, 15) is 14.1 Å². The number of thiazole rings is 1. The SMILES string of the molecule is Nc1nc(C(N=O)C(=O)O)c(F)s1. The van der Waals surface area contributed by atoms with Crippen molar-refractivity contribution in [2.45, 2.75) is 6.04 Å². The number of aliphatic carboxylic acids is 1. The predicted octanol–water partition coefficient (Wildman–Crippen LogP) is 0.756. The van der Waals surface area contributed by atoms with E-state index in [0.717, 1.165) is 0 Å². The van der Waals surface area contributed by atoms with E-state index in [1.807, 2.05) is 0 Å². The van der Waals surface area contributed by atoms with Crippen LogP contribution in [0.25, 0.3) is 0 Å². The topological polar surface area (TPSA) is 106 Å². The largest absolute Gasteiger partial charge is 0.479 e. The number of aromatic nitrogens is 1. The normalized spacial score (nSPS) is 12.4. The molecule has 1 heterocycles. The Morgan fingerprint density at radius 3 is 2.69 bits per heavy atom. The molecule has 0 amide bonds. The molecule has 1 rings (SSSR count). The number of rotatable bonds is 3. The molecule has 0 bridgehead atoms. The maximum atomic E-state index is 12.8. The van der Waals surface area contributed by atoms with Crippen molar-refractivity contribution >= 4 is 22.4 Å². The summed E-state index contributed by atoms with van der Waals surface area (Å²) in [4.78, 5) is 23.7. The van der Waals surface area contributed by atoms with Crippen LogP contribution in [0.5, 0.6) is 0 Å². The number of halogens is 1. The van der Waals surface area contributed by atoms with Gasteiger partial charge >= 0.3 is 5.97 Å². The zero-order valence-corrected chi connectivity index (χ0v) is 6.92. The third kappa shape index (κ3) is 1.78. The molecule has 0 aliphatic rings. The fourth-order valence-corrected chi connectivity index (χ4v) is 1.30.